The first kappa shape index (κ1) is 27.5. The number of hydrogen-bond acceptors (Lipinski definition) is 8. The van der Waals surface area contributed by atoms with Gasteiger partial charge in [0.15, 0.2) is 5.82 Å². The van der Waals surface area contributed by atoms with Crippen molar-refractivity contribution < 1.29 is 0 Å². The van der Waals surface area contributed by atoms with E-state index in [0.29, 0.717) is 44.6 Å². The van der Waals surface area contributed by atoms with Crippen LogP contribution in [0, 0.1) is 0 Å². The van der Waals surface area contributed by atoms with Gasteiger partial charge in [0.2, 0.25) is 0 Å². The maximum absolute atomic E-state index is 5.05. The highest BCUT2D eigenvalue weighted by molar-refractivity contribution is 6.18. The highest BCUT2D eigenvalue weighted by atomic mass is 14.9. The summed E-state index contributed by atoms with van der Waals surface area (Å²) >= 11 is 0. The van der Waals surface area contributed by atoms with Gasteiger partial charge in [-0.2, -0.15) is 0 Å². The molecule has 224 valence electrons. The van der Waals surface area contributed by atoms with Gasteiger partial charge in [0.05, 0.1) is 35.2 Å². The molecule has 9 rings (SSSR count). The Morgan fingerprint density at radius 3 is 1.12 bits per heavy atom. The van der Waals surface area contributed by atoms with E-state index in [1.54, 1.807) is 24.8 Å². The van der Waals surface area contributed by atoms with Crippen LogP contribution >= 0.6 is 0 Å². The van der Waals surface area contributed by atoms with Crippen LogP contribution in [-0.2, 0) is 0 Å². The first-order chi connectivity index (χ1) is 23.8. The van der Waals surface area contributed by atoms with Crippen molar-refractivity contribution in [2.24, 2.45) is 0 Å². The van der Waals surface area contributed by atoms with Crippen molar-refractivity contribution in [1.29, 1.82) is 0 Å². The lowest BCUT2D eigenvalue weighted by molar-refractivity contribution is 1.18. The molecule has 8 nitrogen and oxygen atoms in total. The molecule has 0 N–H and O–H groups in total. The molecule has 0 saturated carbocycles. The van der Waals surface area contributed by atoms with Crippen LogP contribution in [0.2, 0.25) is 0 Å². The second kappa shape index (κ2) is 11.5. The highest BCUT2D eigenvalue weighted by Crippen LogP contribution is 2.33. The van der Waals surface area contributed by atoms with Gasteiger partial charge in [0.25, 0.3) is 0 Å². The quantitative estimate of drug-likeness (QED) is 0.177. The Morgan fingerprint density at radius 2 is 0.667 bits per heavy atom. The average molecular weight is 617 g/mol. The fourth-order valence-corrected chi connectivity index (χ4v) is 5.91. The molecule has 0 radical (unpaired) electrons. The summed E-state index contributed by atoms with van der Waals surface area (Å²) in [7, 11) is 0. The summed E-state index contributed by atoms with van der Waals surface area (Å²) in [5.74, 6) is 0.646. The van der Waals surface area contributed by atoms with E-state index in [9.17, 15) is 0 Å². The van der Waals surface area contributed by atoms with Crippen LogP contribution in [0.25, 0.3) is 89.5 Å². The maximum atomic E-state index is 5.05. The first-order valence-electron chi connectivity index (χ1n) is 15.5. The minimum Gasteiger partial charge on any atom is -0.251 e. The minimum atomic E-state index is 0.625. The first-order valence-corrected chi connectivity index (χ1v) is 15.5. The molecular weight excluding hydrogens is 592 g/mol. The zero-order valence-corrected chi connectivity index (χ0v) is 25.4. The van der Waals surface area contributed by atoms with Crippen LogP contribution in [-0.4, -0.2) is 39.9 Å². The Bertz CT molecular complexity index is 2520. The van der Waals surface area contributed by atoms with Crippen molar-refractivity contribution in [3.05, 3.63) is 146 Å². The summed E-state index contributed by atoms with van der Waals surface area (Å²) in [6, 6.07) is 40.4. The molecule has 0 amide bonds. The highest BCUT2D eigenvalue weighted by Gasteiger charge is 2.18. The van der Waals surface area contributed by atoms with Crippen molar-refractivity contribution in [3.8, 4) is 56.4 Å². The Morgan fingerprint density at radius 1 is 0.292 bits per heavy atom. The number of rotatable bonds is 5. The Balaban J connectivity index is 1.13. The molecule has 0 aliphatic carbocycles. The van der Waals surface area contributed by atoms with E-state index >= 15 is 0 Å². The molecule has 0 saturated heterocycles. The van der Waals surface area contributed by atoms with Crippen molar-refractivity contribution in [2.45, 2.75) is 0 Å². The Labute approximate surface area is 275 Å². The minimum absolute atomic E-state index is 0.625. The Hall–Kier alpha value is -6.80. The maximum Gasteiger partial charge on any atom is 0.160 e. The van der Waals surface area contributed by atoms with Gasteiger partial charge in [0, 0.05) is 40.2 Å². The summed E-state index contributed by atoms with van der Waals surface area (Å²) in [5, 5.41) is 0. The van der Waals surface area contributed by atoms with E-state index < -0.39 is 0 Å². The van der Waals surface area contributed by atoms with Gasteiger partial charge in [0.1, 0.15) is 33.1 Å². The Kier molecular flexibility index (Phi) is 6.61. The van der Waals surface area contributed by atoms with Crippen LogP contribution in [0.3, 0.4) is 0 Å². The molecule has 0 bridgehead atoms. The van der Waals surface area contributed by atoms with Gasteiger partial charge in [-0.1, -0.05) is 115 Å². The van der Waals surface area contributed by atoms with E-state index in [2.05, 4.69) is 34.2 Å². The molecule has 48 heavy (non-hydrogen) atoms. The molecule has 0 atom stereocenters. The number of nitrogens with zero attached hydrogens (tertiary/aromatic N) is 8. The van der Waals surface area contributed by atoms with Gasteiger partial charge in [-0.3, -0.25) is 9.97 Å². The van der Waals surface area contributed by atoms with Crippen molar-refractivity contribution in [1.82, 2.24) is 39.9 Å². The van der Waals surface area contributed by atoms with Crippen molar-refractivity contribution >= 4 is 33.1 Å². The van der Waals surface area contributed by atoms with Crippen LogP contribution in [0.4, 0.5) is 0 Å². The monoisotopic (exact) mass is 616 g/mol. The fraction of sp³-hybridized carbons (Fsp3) is 0. The molecule has 9 aromatic rings. The third-order valence-electron chi connectivity index (χ3n) is 8.29. The summed E-state index contributed by atoms with van der Waals surface area (Å²) in [5.41, 5.74) is 11.8. The van der Waals surface area contributed by atoms with Crippen LogP contribution in [0.5, 0.6) is 0 Å². The largest absolute Gasteiger partial charge is 0.251 e. The second-order valence-corrected chi connectivity index (χ2v) is 11.3. The average Bonchev–Trinajstić information content (AvgIpc) is 3.18. The molecule has 0 unspecified atom stereocenters. The lowest BCUT2D eigenvalue weighted by Crippen LogP contribution is -1.98. The zero-order chi connectivity index (χ0) is 31.9. The second-order valence-electron chi connectivity index (χ2n) is 11.3. The van der Waals surface area contributed by atoms with E-state index in [4.69, 9.17) is 29.9 Å². The lowest BCUT2D eigenvalue weighted by Gasteiger charge is -2.11. The fourth-order valence-electron chi connectivity index (χ4n) is 5.91. The molecule has 0 spiro atoms. The molecule has 5 aromatic carbocycles. The molecule has 4 heterocycles. The van der Waals surface area contributed by atoms with Gasteiger partial charge >= 0.3 is 0 Å². The molecule has 0 aliphatic heterocycles. The van der Waals surface area contributed by atoms with Gasteiger partial charge in [-0.15, -0.1) is 0 Å². The summed E-state index contributed by atoms with van der Waals surface area (Å²) in [6.45, 7) is 0. The summed E-state index contributed by atoms with van der Waals surface area (Å²) < 4.78 is 0. The normalized spacial score (nSPS) is 11.3. The summed E-state index contributed by atoms with van der Waals surface area (Å²) in [6.07, 6.45) is 6.87. The standard InChI is InChI=1S/C40H24N8/c1-4-10-25(11-5-1)30-22-31(26-12-6-2-7-13-26)48-40(47-30)29-18-16-28(17-19-29)33-24-44-37-36-38(34-35(39(37)46-33)42-21-20-41-34)45-32(23-43-36)27-14-8-3-9-15-27/h1-24H. The molecule has 4 aromatic heterocycles. The third-order valence-corrected chi connectivity index (χ3v) is 8.29. The van der Waals surface area contributed by atoms with Crippen LogP contribution in [0.1, 0.15) is 0 Å². The van der Waals surface area contributed by atoms with Gasteiger partial charge in [-0.05, 0) is 6.07 Å². The smallest absolute Gasteiger partial charge is 0.160 e. The molecular formula is C40H24N8. The SMILES string of the molecule is c1ccc(-c2cc(-c3ccccc3)nc(-c3ccc(-c4cnc5c6ncc(-c7ccccc7)nc6c6nccnc6c5n4)cc3)n2)cc1. The predicted octanol–water partition coefficient (Wildman–Crippen LogP) is 8.64. The zero-order valence-electron chi connectivity index (χ0n) is 25.4. The molecule has 0 aliphatic rings. The van der Waals surface area contributed by atoms with E-state index in [0.717, 1.165) is 44.9 Å². The van der Waals surface area contributed by atoms with Gasteiger partial charge in [-0.25, -0.2) is 29.9 Å². The predicted molar refractivity (Wildman–Crippen MR) is 188 cm³/mol. The summed E-state index contributed by atoms with van der Waals surface area (Å²) in [4.78, 5) is 38.9. The van der Waals surface area contributed by atoms with Crippen molar-refractivity contribution in [2.75, 3.05) is 0 Å². The topological polar surface area (TPSA) is 103 Å². The van der Waals surface area contributed by atoms with E-state index in [1.807, 2.05) is 97.1 Å². The number of aromatic nitrogens is 8. The molecule has 8 heteroatoms. The van der Waals surface area contributed by atoms with Crippen LogP contribution < -0.4 is 0 Å². The molecule has 0 fully saturated rings. The van der Waals surface area contributed by atoms with Crippen LogP contribution in [0.15, 0.2) is 146 Å². The number of hydrogen-bond donors (Lipinski definition) is 0. The van der Waals surface area contributed by atoms with E-state index in [-0.39, 0.29) is 0 Å². The van der Waals surface area contributed by atoms with Gasteiger partial charge < -0.3 is 0 Å². The van der Waals surface area contributed by atoms with Crippen molar-refractivity contribution in [3.63, 3.8) is 0 Å². The number of benzene rings is 5. The number of fused-ring (bicyclic) bond motifs is 6. The third kappa shape index (κ3) is 4.89. The lowest BCUT2D eigenvalue weighted by atomic mass is 10.1. The van der Waals surface area contributed by atoms with E-state index in [1.165, 1.54) is 0 Å².